The lowest BCUT2D eigenvalue weighted by atomic mass is 10.1. The van der Waals surface area contributed by atoms with Gasteiger partial charge in [-0.2, -0.15) is 14.6 Å². The highest BCUT2D eigenvalue weighted by molar-refractivity contribution is 7.99. The lowest BCUT2D eigenvalue weighted by molar-refractivity contribution is -0.114. The predicted molar refractivity (Wildman–Crippen MR) is 101 cm³/mol. The molecule has 0 saturated carbocycles. The van der Waals surface area contributed by atoms with Crippen LogP contribution in [-0.2, 0) is 4.79 Å². The molecule has 0 aliphatic rings. The number of hydrogen-bond donors (Lipinski definition) is 1. The predicted octanol–water partition coefficient (Wildman–Crippen LogP) is 3.90. The van der Waals surface area contributed by atoms with Crippen molar-refractivity contribution in [3.8, 4) is 11.3 Å². The van der Waals surface area contributed by atoms with Crippen LogP contribution in [0.4, 0.5) is 5.69 Å². The molecule has 0 fully saturated rings. The highest BCUT2D eigenvalue weighted by Crippen LogP contribution is 2.31. The van der Waals surface area contributed by atoms with Crippen molar-refractivity contribution in [2.24, 2.45) is 0 Å². The van der Waals surface area contributed by atoms with E-state index in [4.69, 9.17) is 0 Å². The standard InChI is InChI=1S/C19H15N5OS/c1-13(25)22-15-7-9-16(10-8-15)26-18-11-17(14-5-3-2-4-6-14)23-19-20-12-21-24(18)19/h2-12H,1H3,(H,22,25). The van der Waals surface area contributed by atoms with E-state index in [1.807, 2.05) is 60.7 Å². The first-order chi connectivity index (χ1) is 12.7. The minimum absolute atomic E-state index is 0.0867. The van der Waals surface area contributed by atoms with E-state index in [9.17, 15) is 4.79 Å². The van der Waals surface area contributed by atoms with E-state index in [2.05, 4.69) is 20.4 Å². The summed E-state index contributed by atoms with van der Waals surface area (Å²) in [5, 5.41) is 7.95. The molecular weight excluding hydrogens is 346 g/mol. The van der Waals surface area contributed by atoms with Gasteiger partial charge in [-0.15, -0.1) is 0 Å². The van der Waals surface area contributed by atoms with Crippen molar-refractivity contribution >= 4 is 29.1 Å². The van der Waals surface area contributed by atoms with Gasteiger partial charge in [0.15, 0.2) is 0 Å². The van der Waals surface area contributed by atoms with Crippen LogP contribution in [0.3, 0.4) is 0 Å². The third-order valence-electron chi connectivity index (χ3n) is 3.69. The van der Waals surface area contributed by atoms with Crippen molar-refractivity contribution in [2.45, 2.75) is 16.8 Å². The van der Waals surface area contributed by atoms with Crippen LogP contribution in [0, 0.1) is 0 Å². The van der Waals surface area contributed by atoms with Crippen LogP contribution in [0.2, 0.25) is 0 Å². The maximum Gasteiger partial charge on any atom is 0.253 e. The van der Waals surface area contributed by atoms with Crippen LogP contribution in [-0.4, -0.2) is 25.5 Å². The number of nitrogens with zero attached hydrogens (tertiary/aromatic N) is 4. The average molecular weight is 361 g/mol. The molecule has 0 saturated heterocycles. The molecular formula is C19H15N5OS. The summed E-state index contributed by atoms with van der Waals surface area (Å²) < 4.78 is 1.72. The zero-order chi connectivity index (χ0) is 17.9. The molecule has 128 valence electrons. The Labute approximate surface area is 154 Å². The average Bonchev–Trinajstić information content (AvgIpc) is 3.12. The largest absolute Gasteiger partial charge is 0.326 e. The Kier molecular flexibility index (Phi) is 4.37. The number of benzene rings is 2. The fourth-order valence-electron chi connectivity index (χ4n) is 2.55. The third kappa shape index (κ3) is 3.43. The van der Waals surface area contributed by atoms with Crippen LogP contribution in [0.25, 0.3) is 17.0 Å². The van der Waals surface area contributed by atoms with Gasteiger partial charge in [-0.1, -0.05) is 42.1 Å². The minimum atomic E-state index is -0.0867. The molecule has 0 radical (unpaired) electrons. The van der Waals surface area contributed by atoms with E-state index < -0.39 is 0 Å². The first-order valence-corrected chi connectivity index (χ1v) is 8.82. The van der Waals surface area contributed by atoms with Gasteiger partial charge in [0.2, 0.25) is 5.91 Å². The monoisotopic (exact) mass is 361 g/mol. The van der Waals surface area contributed by atoms with E-state index in [-0.39, 0.29) is 5.91 Å². The van der Waals surface area contributed by atoms with Crippen molar-refractivity contribution in [3.05, 3.63) is 67.0 Å². The number of hydrogen-bond acceptors (Lipinski definition) is 5. The van der Waals surface area contributed by atoms with Crippen LogP contribution >= 0.6 is 11.8 Å². The number of fused-ring (bicyclic) bond motifs is 1. The second kappa shape index (κ2) is 6.97. The fourth-order valence-corrected chi connectivity index (χ4v) is 3.44. The smallest absolute Gasteiger partial charge is 0.253 e. The summed E-state index contributed by atoms with van der Waals surface area (Å²) >= 11 is 1.57. The lowest BCUT2D eigenvalue weighted by Crippen LogP contribution is -2.05. The summed E-state index contributed by atoms with van der Waals surface area (Å²) in [6, 6.07) is 19.7. The normalized spacial score (nSPS) is 10.8. The van der Waals surface area contributed by atoms with Crippen molar-refractivity contribution in [1.29, 1.82) is 0 Å². The van der Waals surface area contributed by atoms with Crippen molar-refractivity contribution in [1.82, 2.24) is 19.6 Å². The van der Waals surface area contributed by atoms with Crippen molar-refractivity contribution in [2.75, 3.05) is 5.32 Å². The van der Waals surface area contributed by atoms with Crippen LogP contribution in [0.15, 0.2) is 76.9 Å². The zero-order valence-electron chi connectivity index (χ0n) is 14.0. The number of nitrogens with one attached hydrogen (secondary N) is 1. The number of carbonyl (C=O) groups excluding carboxylic acids is 1. The van der Waals surface area contributed by atoms with Crippen LogP contribution < -0.4 is 5.32 Å². The molecule has 7 heteroatoms. The highest BCUT2D eigenvalue weighted by atomic mass is 32.2. The van der Waals surface area contributed by atoms with Crippen molar-refractivity contribution < 1.29 is 4.79 Å². The van der Waals surface area contributed by atoms with Gasteiger partial charge in [0.1, 0.15) is 11.4 Å². The molecule has 4 aromatic rings. The molecule has 0 bridgehead atoms. The van der Waals surface area contributed by atoms with Gasteiger partial charge in [-0.05, 0) is 30.3 Å². The number of anilines is 1. The molecule has 0 spiro atoms. The number of rotatable bonds is 4. The molecule has 2 aromatic heterocycles. The van der Waals surface area contributed by atoms with Gasteiger partial charge in [0, 0.05) is 23.1 Å². The fraction of sp³-hybridized carbons (Fsp3) is 0.0526. The summed E-state index contributed by atoms with van der Waals surface area (Å²) in [6.45, 7) is 1.49. The molecule has 0 aliphatic heterocycles. The van der Waals surface area contributed by atoms with E-state index in [1.54, 1.807) is 16.3 Å². The second-order valence-electron chi connectivity index (χ2n) is 5.63. The zero-order valence-corrected chi connectivity index (χ0v) is 14.8. The molecule has 0 unspecified atom stereocenters. The SMILES string of the molecule is CC(=O)Nc1ccc(Sc2cc(-c3ccccc3)nc3ncnn23)cc1. The van der Waals surface area contributed by atoms with Gasteiger partial charge >= 0.3 is 0 Å². The van der Waals surface area contributed by atoms with Crippen LogP contribution in [0.5, 0.6) is 0 Å². The van der Waals surface area contributed by atoms with E-state index >= 15 is 0 Å². The van der Waals surface area contributed by atoms with Crippen LogP contribution in [0.1, 0.15) is 6.92 Å². The number of amides is 1. The quantitative estimate of drug-likeness (QED) is 0.558. The van der Waals surface area contributed by atoms with E-state index in [1.165, 1.54) is 13.3 Å². The molecule has 4 rings (SSSR count). The Balaban J connectivity index is 1.69. The number of aromatic nitrogens is 4. The summed E-state index contributed by atoms with van der Waals surface area (Å²) in [4.78, 5) is 21.0. The first kappa shape index (κ1) is 16.3. The van der Waals surface area contributed by atoms with Gasteiger partial charge < -0.3 is 5.32 Å². The lowest BCUT2D eigenvalue weighted by Gasteiger charge is -2.08. The number of carbonyl (C=O) groups is 1. The topological polar surface area (TPSA) is 72.2 Å². The summed E-state index contributed by atoms with van der Waals surface area (Å²) in [5.74, 6) is 0.472. The van der Waals surface area contributed by atoms with E-state index in [0.29, 0.717) is 5.78 Å². The molecule has 2 aromatic carbocycles. The molecule has 1 amide bonds. The van der Waals surface area contributed by atoms with Gasteiger partial charge in [0.05, 0.1) is 5.69 Å². The summed E-state index contributed by atoms with van der Waals surface area (Å²) in [6.07, 6.45) is 1.50. The first-order valence-electron chi connectivity index (χ1n) is 8.01. The molecule has 26 heavy (non-hydrogen) atoms. The van der Waals surface area contributed by atoms with Gasteiger partial charge in [-0.25, -0.2) is 4.98 Å². The Morgan fingerprint density at radius 2 is 1.85 bits per heavy atom. The minimum Gasteiger partial charge on any atom is -0.326 e. The van der Waals surface area contributed by atoms with Crippen molar-refractivity contribution in [3.63, 3.8) is 0 Å². The second-order valence-corrected chi connectivity index (χ2v) is 6.72. The molecule has 1 N–H and O–H groups in total. The Morgan fingerprint density at radius 3 is 2.58 bits per heavy atom. The molecule has 2 heterocycles. The van der Waals surface area contributed by atoms with Gasteiger partial charge in [-0.3, -0.25) is 4.79 Å². The summed E-state index contributed by atoms with van der Waals surface area (Å²) in [5.41, 5.74) is 2.65. The Morgan fingerprint density at radius 1 is 1.08 bits per heavy atom. The molecule has 0 aliphatic carbocycles. The molecule has 0 atom stereocenters. The maximum absolute atomic E-state index is 11.1. The highest BCUT2D eigenvalue weighted by Gasteiger charge is 2.10. The summed E-state index contributed by atoms with van der Waals surface area (Å²) in [7, 11) is 0. The third-order valence-corrected chi connectivity index (χ3v) is 4.69. The maximum atomic E-state index is 11.1. The van der Waals surface area contributed by atoms with Gasteiger partial charge in [0.25, 0.3) is 5.78 Å². The molecule has 6 nitrogen and oxygen atoms in total. The Bertz CT molecular complexity index is 1060. The Hall–Kier alpha value is -3.19. The van der Waals surface area contributed by atoms with E-state index in [0.717, 1.165) is 26.9 Å².